The highest BCUT2D eigenvalue weighted by Gasteiger charge is 2.27. The van der Waals surface area contributed by atoms with Crippen LogP contribution in [0, 0.1) is 0 Å². The molecule has 2 amide bonds. The number of hydrogen-bond donors (Lipinski definition) is 2. The van der Waals surface area contributed by atoms with Gasteiger partial charge in [0.2, 0.25) is 11.8 Å². The maximum atomic E-state index is 12.0. The van der Waals surface area contributed by atoms with Crippen LogP contribution in [0.4, 0.5) is 24.5 Å². The summed E-state index contributed by atoms with van der Waals surface area (Å²) in [6.45, 7) is -0.118. The molecule has 2 N–H and O–H groups in total. The molecule has 0 bridgehead atoms. The van der Waals surface area contributed by atoms with Gasteiger partial charge in [-0.1, -0.05) is 0 Å². The summed E-state index contributed by atoms with van der Waals surface area (Å²) in [6, 6.07) is 3.33. The average Bonchev–Trinajstić information content (AvgIpc) is 2.92. The van der Waals surface area contributed by atoms with Gasteiger partial charge in [0.05, 0.1) is 30.2 Å². The lowest BCUT2D eigenvalue weighted by Crippen LogP contribution is -2.19. The van der Waals surface area contributed by atoms with Crippen molar-refractivity contribution in [2.75, 3.05) is 10.6 Å². The predicted octanol–water partition coefficient (Wildman–Crippen LogP) is 2.20. The van der Waals surface area contributed by atoms with Crippen LogP contribution in [0.2, 0.25) is 0 Å². The number of pyridine rings is 1. The Balaban J connectivity index is 1.82. The van der Waals surface area contributed by atoms with Crippen LogP contribution in [0.15, 0.2) is 36.9 Å². The Morgan fingerprint density at radius 1 is 1.12 bits per heavy atom. The summed E-state index contributed by atoms with van der Waals surface area (Å²) < 4.78 is 37.4. The molecule has 0 saturated carbocycles. The zero-order valence-corrected chi connectivity index (χ0v) is 12.4. The fourth-order valence-electron chi connectivity index (χ4n) is 1.78. The van der Waals surface area contributed by atoms with E-state index in [0.717, 1.165) is 0 Å². The first-order valence-electron chi connectivity index (χ1n) is 6.91. The Morgan fingerprint density at radius 3 is 2.54 bits per heavy atom. The molecule has 0 aromatic carbocycles. The molecule has 0 spiro atoms. The molecular formula is C14H14F3N5O2. The molecule has 2 aromatic rings. The Kier molecular flexibility index (Phi) is 5.51. The van der Waals surface area contributed by atoms with Crippen LogP contribution in [-0.4, -0.2) is 32.8 Å². The van der Waals surface area contributed by atoms with Crippen molar-refractivity contribution in [3.63, 3.8) is 0 Å². The summed E-state index contributed by atoms with van der Waals surface area (Å²) in [5, 5.41) is 8.76. The van der Waals surface area contributed by atoms with Crippen molar-refractivity contribution in [1.82, 2.24) is 14.8 Å². The van der Waals surface area contributed by atoms with Crippen LogP contribution in [0.3, 0.4) is 0 Å². The lowest BCUT2D eigenvalue weighted by Gasteiger charge is -2.06. The van der Waals surface area contributed by atoms with Gasteiger partial charge in [-0.05, 0) is 12.1 Å². The third-order valence-corrected chi connectivity index (χ3v) is 2.80. The maximum absolute atomic E-state index is 12.0. The fraction of sp³-hybridized carbons (Fsp3) is 0.286. The third-order valence-electron chi connectivity index (χ3n) is 2.80. The van der Waals surface area contributed by atoms with Gasteiger partial charge in [0.25, 0.3) is 0 Å². The van der Waals surface area contributed by atoms with E-state index < -0.39 is 24.9 Å². The molecule has 0 aliphatic rings. The van der Waals surface area contributed by atoms with Gasteiger partial charge >= 0.3 is 6.18 Å². The SMILES string of the molecule is O=C(CCC(F)(F)F)Nc1cnn(CC(=O)Nc2cccnc2)c1. The molecule has 0 aliphatic carbocycles. The van der Waals surface area contributed by atoms with Crippen molar-refractivity contribution in [2.24, 2.45) is 0 Å². The maximum Gasteiger partial charge on any atom is 0.389 e. The minimum Gasteiger partial charge on any atom is -0.323 e. The zero-order chi connectivity index (χ0) is 17.6. The van der Waals surface area contributed by atoms with Crippen molar-refractivity contribution in [1.29, 1.82) is 0 Å². The molecule has 0 aliphatic heterocycles. The largest absolute Gasteiger partial charge is 0.389 e. The van der Waals surface area contributed by atoms with Gasteiger partial charge in [-0.3, -0.25) is 19.3 Å². The molecule has 128 valence electrons. The van der Waals surface area contributed by atoms with Crippen LogP contribution in [0.5, 0.6) is 0 Å². The van der Waals surface area contributed by atoms with Crippen molar-refractivity contribution >= 4 is 23.2 Å². The molecular weight excluding hydrogens is 327 g/mol. The van der Waals surface area contributed by atoms with E-state index >= 15 is 0 Å². The second kappa shape index (κ2) is 7.57. The van der Waals surface area contributed by atoms with E-state index in [-0.39, 0.29) is 18.1 Å². The molecule has 24 heavy (non-hydrogen) atoms. The Bertz CT molecular complexity index is 700. The first-order chi connectivity index (χ1) is 11.3. The fourth-order valence-corrected chi connectivity index (χ4v) is 1.78. The molecule has 0 saturated heterocycles. The highest BCUT2D eigenvalue weighted by molar-refractivity contribution is 5.91. The van der Waals surface area contributed by atoms with Crippen molar-refractivity contribution < 1.29 is 22.8 Å². The van der Waals surface area contributed by atoms with E-state index in [9.17, 15) is 22.8 Å². The van der Waals surface area contributed by atoms with Crippen molar-refractivity contribution in [3.05, 3.63) is 36.9 Å². The van der Waals surface area contributed by atoms with Gasteiger partial charge in [-0.25, -0.2) is 0 Å². The first-order valence-corrected chi connectivity index (χ1v) is 6.91. The summed E-state index contributed by atoms with van der Waals surface area (Å²) in [7, 11) is 0. The van der Waals surface area contributed by atoms with Crippen LogP contribution in [0.25, 0.3) is 0 Å². The Hall–Kier alpha value is -2.91. The number of nitrogens with zero attached hydrogens (tertiary/aromatic N) is 3. The number of alkyl halides is 3. The molecule has 0 fully saturated rings. The quantitative estimate of drug-likeness (QED) is 0.843. The molecule has 2 aromatic heterocycles. The van der Waals surface area contributed by atoms with Crippen molar-refractivity contribution in [3.8, 4) is 0 Å². The molecule has 2 heterocycles. The molecule has 2 rings (SSSR count). The summed E-state index contributed by atoms with van der Waals surface area (Å²) >= 11 is 0. The van der Waals surface area contributed by atoms with Gasteiger partial charge in [-0.2, -0.15) is 18.3 Å². The number of rotatable bonds is 6. The minimum absolute atomic E-state index is 0.118. The summed E-state index contributed by atoms with van der Waals surface area (Å²) in [4.78, 5) is 27.1. The number of hydrogen-bond acceptors (Lipinski definition) is 4. The molecule has 0 unspecified atom stereocenters. The summed E-state index contributed by atoms with van der Waals surface area (Å²) in [5.41, 5.74) is 0.742. The molecule has 10 heteroatoms. The minimum atomic E-state index is -4.38. The average molecular weight is 341 g/mol. The van der Waals surface area contributed by atoms with E-state index in [2.05, 4.69) is 20.7 Å². The normalized spacial score (nSPS) is 11.1. The van der Waals surface area contributed by atoms with Crippen molar-refractivity contribution in [2.45, 2.75) is 25.6 Å². The first kappa shape index (κ1) is 17.4. The van der Waals surface area contributed by atoms with Gasteiger partial charge in [-0.15, -0.1) is 0 Å². The summed E-state index contributed by atoms with van der Waals surface area (Å²) in [6.07, 6.45) is -0.593. The number of anilines is 2. The second-order valence-electron chi connectivity index (χ2n) is 4.88. The number of halogens is 3. The molecule has 7 nitrogen and oxygen atoms in total. The van der Waals surface area contributed by atoms with E-state index in [4.69, 9.17) is 0 Å². The monoisotopic (exact) mass is 341 g/mol. The van der Waals surface area contributed by atoms with Gasteiger partial charge in [0.15, 0.2) is 0 Å². The number of amides is 2. The number of nitrogens with one attached hydrogen (secondary N) is 2. The Morgan fingerprint density at radius 2 is 1.88 bits per heavy atom. The van der Waals surface area contributed by atoms with Crippen LogP contribution in [0.1, 0.15) is 12.8 Å². The highest BCUT2D eigenvalue weighted by Crippen LogP contribution is 2.21. The topological polar surface area (TPSA) is 88.9 Å². The zero-order valence-electron chi connectivity index (χ0n) is 12.4. The standard InChI is InChI=1S/C14H14F3N5O2/c15-14(16,17)4-3-12(23)21-11-7-19-22(8-11)9-13(24)20-10-2-1-5-18-6-10/h1-2,5-8H,3-4,9H2,(H,20,24)(H,21,23). The smallest absolute Gasteiger partial charge is 0.323 e. The number of aromatic nitrogens is 3. The van der Waals surface area contributed by atoms with E-state index in [1.165, 1.54) is 23.3 Å². The third kappa shape index (κ3) is 6.07. The highest BCUT2D eigenvalue weighted by atomic mass is 19.4. The number of carbonyl (C=O) groups excluding carboxylic acids is 2. The van der Waals surface area contributed by atoms with Gasteiger partial charge in [0, 0.05) is 18.8 Å². The van der Waals surface area contributed by atoms with Crippen LogP contribution < -0.4 is 10.6 Å². The lowest BCUT2D eigenvalue weighted by atomic mass is 10.3. The van der Waals surface area contributed by atoms with Gasteiger partial charge in [0.1, 0.15) is 6.54 Å². The van der Waals surface area contributed by atoms with Crippen LogP contribution >= 0.6 is 0 Å². The van der Waals surface area contributed by atoms with Crippen LogP contribution in [-0.2, 0) is 16.1 Å². The van der Waals surface area contributed by atoms with Gasteiger partial charge < -0.3 is 10.6 Å². The van der Waals surface area contributed by atoms with E-state index in [0.29, 0.717) is 5.69 Å². The molecule has 0 atom stereocenters. The Labute approximate surface area is 134 Å². The molecule has 0 radical (unpaired) electrons. The second-order valence-corrected chi connectivity index (χ2v) is 4.88. The van der Waals surface area contributed by atoms with E-state index in [1.807, 2.05) is 0 Å². The number of carbonyl (C=O) groups is 2. The summed E-state index contributed by atoms with van der Waals surface area (Å²) in [5.74, 6) is -1.13. The lowest BCUT2D eigenvalue weighted by molar-refractivity contribution is -0.142. The predicted molar refractivity (Wildman–Crippen MR) is 79.0 cm³/mol. The van der Waals surface area contributed by atoms with E-state index in [1.54, 1.807) is 18.3 Å².